The molecular formula is C22H23ClN2O5. The standard InChI is InChI=1S/C22H23ClN2O5/c1-3-8-24-21(27)11-25-18-10-15(4-7-20(18)30-13-22(25)28)19(26)12-29-16-5-6-17(23)14(2)9-16/h4-7,9-10H,3,8,11-13H2,1-2H3,(H,24,27). The Kier molecular flexibility index (Phi) is 6.95. The monoisotopic (exact) mass is 430 g/mol. The highest BCUT2D eigenvalue weighted by Crippen LogP contribution is 2.33. The highest BCUT2D eigenvalue weighted by atomic mass is 35.5. The van der Waals surface area contributed by atoms with Gasteiger partial charge in [-0.2, -0.15) is 0 Å². The Hall–Kier alpha value is -3.06. The van der Waals surface area contributed by atoms with Crippen LogP contribution in [0.1, 0.15) is 29.3 Å². The molecule has 7 nitrogen and oxygen atoms in total. The van der Waals surface area contributed by atoms with Gasteiger partial charge in [0.15, 0.2) is 19.0 Å². The second kappa shape index (κ2) is 9.63. The first kappa shape index (κ1) is 21.6. The summed E-state index contributed by atoms with van der Waals surface area (Å²) >= 11 is 6.00. The molecule has 0 bridgehead atoms. The van der Waals surface area contributed by atoms with Gasteiger partial charge in [0.1, 0.15) is 18.0 Å². The molecule has 158 valence electrons. The molecule has 0 unspecified atom stereocenters. The van der Waals surface area contributed by atoms with Gasteiger partial charge in [-0.1, -0.05) is 18.5 Å². The molecule has 0 aliphatic carbocycles. The van der Waals surface area contributed by atoms with Gasteiger partial charge in [-0.05, 0) is 55.3 Å². The summed E-state index contributed by atoms with van der Waals surface area (Å²) in [4.78, 5) is 38.4. The maximum absolute atomic E-state index is 12.6. The molecule has 0 aromatic heterocycles. The van der Waals surface area contributed by atoms with Gasteiger partial charge < -0.3 is 14.8 Å². The van der Waals surface area contributed by atoms with E-state index in [-0.39, 0.29) is 37.4 Å². The van der Waals surface area contributed by atoms with E-state index in [1.54, 1.807) is 36.4 Å². The molecule has 0 saturated carbocycles. The number of ether oxygens (including phenoxy) is 2. The molecule has 0 atom stereocenters. The lowest BCUT2D eigenvalue weighted by molar-refractivity contribution is -0.125. The van der Waals surface area contributed by atoms with E-state index < -0.39 is 0 Å². The number of hydrogen-bond donors (Lipinski definition) is 1. The number of amides is 2. The van der Waals surface area contributed by atoms with Crippen molar-refractivity contribution >= 4 is 34.9 Å². The molecule has 2 aromatic carbocycles. The number of ketones is 1. The first-order valence-corrected chi connectivity index (χ1v) is 10.0. The van der Waals surface area contributed by atoms with Crippen LogP contribution >= 0.6 is 11.6 Å². The number of aryl methyl sites for hydroxylation is 1. The van der Waals surface area contributed by atoms with Gasteiger partial charge >= 0.3 is 0 Å². The largest absolute Gasteiger partial charge is 0.485 e. The molecule has 1 aliphatic heterocycles. The van der Waals surface area contributed by atoms with Crippen LogP contribution in [0.25, 0.3) is 0 Å². The van der Waals surface area contributed by atoms with E-state index in [1.807, 2.05) is 13.8 Å². The summed E-state index contributed by atoms with van der Waals surface area (Å²) in [5.41, 5.74) is 1.60. The minimum Gasteiger partial charge on any atom is -0.485 e. The van der Waals surface area contributed by atoms with Crippen molar-refractivity contribution in [2.75, 3.05) is 31.2 Å². The second-order valence-electron chi connectivity index (χ2n) is 6.92. The van der Waals surface area contributed by atoms with Gasteiger partial charge in [-0.25, -0.2) is 0 Å². The zero-order valence-corrected chi connectivity index (χ0v) is 17.6. The first-order valence-electron chi connectivity index (χ1n) is 9.65. The molecule has 30 heavy (non-hydrogen) atoms. The zero-order chi connectivity index (χ0) is 21.7. The number of benzene rings is 2. The maximum atomic E-state index is 12.6. The number of fused-ring (bicyclic) bond motifs is 1. The van der Waals surface area contributed by atoms with E-state index in [1.165, 1.54) is 4.90 Å². The van der Waals surface area contributed by atoms with Crippen molar-refractivity contribution in [2.24, 2.45) is 0 Å². The third kappa shape index (κ3) is 5.10. The van der Waals surface area contributed by atoms with E-state index in [0.717, 1.165) is 12.0 Å². The van der Waals surface area contributed by atoms with Crippen molar-refractivity contribution in [3.05, 3.63) is 52.5 Å². The number of Topliss-reactive ketones (excluding diaryl/α,β-unsaturated/α-hetero) is 1. The summed E-state index contributed by atoms with van der Waals surface area (Å²) in [6.07, 6.45) is 0.797. The molecule has 0 radical (unpaired) electrons. The topological polar surface area (TPSA) is 84.9 Å². The Morgan fingerprint density at radius 3 is 2.77 bits per heavy atom. The predicted octanol–water partition coefficient (Wildman–Crippen LogP) is 3.16. The van der Waals surface area contributed by atoms with Crippen molar-refractivity contribution in [2.45, 2.75) is 20.3 Å². The van der Waals surface area contributed by atoms with E-state index in [0.29, 0.717) is 34.3 Å². The quantitative estimate of drug-likeness (QED) is 0.650. The number of hydrogen-bond acceptors (Lipinski definition) is 5. The van der Waals surface area contributed by atoms with Crippen molar-refractivity contribution in [3.63, 3.8) is 0 Å². The van der Waals surface area contributed by atoms with Gasteiger partial charge in [-0.15, -0.1) is 0 Å². The molecule has 0 fully saturated rings. The van der Waals surface area contributed by atoms with Crippen LogP contribution in [0.15, 0.2) is 36.4 Å². The van der Waals surface area contributed by atoms with Crippen molar-refractivity contribution in [1.29, 1.82) is 0 Å². The number of rotatable bonds is 8. The Labute approximate surface area is 179 Å². The molecule has 1 N–H and O–H groups in total. The minimum atomic E-state index is -0.341. The molecule has 2 amide bonds. The lowest BCUT2D eigenvalue weighted by atomic mass is 10.1. The van der Waals surface area contributed by atoms with Crippen LogP contribution in [0.2, 0.25) is 5.02 Å². The van der Waals surface area contributed by atoms with Gasteiger partial charge in [0.05, 0.1) is 5.69 Å². The number of carbonyl (C=O) groups is 3. The van der Waals surface area contributed by atoms with Crippen LogP contribution < -0.4 is 19.7 Å². The Morgan fingerprint density at radius 2 is 2.03 bits per heavy atom. The Morgan fingerprint density at radius 1 is 1.23 bits per heavy atom. The number of nitrogens with one attached hydrogen (secondary N) is 1. The van der Waals surface area contributed by atoms with Crippen LogP contribution in [-0.4, -0.2) is 43.9 Å². The van der Waals surface area contributed by atoms with Crippen LogP contribution in [0, 0.1) is 6.92 Å². The van der Waals surface area contributed by atoms with E-state index in [2.05, 4.69) is 5.32 Å². The molecule has 1 aliphatic rings. The Balaban J connectivity index is 1.74. The normalized spacial score (nSPS) is 12.8. The molecule has 0 saturated heterocycles. The fourth-order valence-electron chi connectivity index (χ4n) is 2.95. The zero-order valence-electron chi connectivity index (χ0n) is 16.9. The van der Waals surface area contributed by atoms with E-state index >= 15 is 0 Å². The third-order valence-corrected chi connectivity index (χ3v) is 5.02. The van der Waals surface area contributed by atoms with E-state index in [9.17, 15) is 14.4 Å². The van der Waals surface area contributed by atoms with Gasteiger partial charge in [0, 0.05) is 17.1 Å². The molecule has 2 aromatic rings. The van der Waals surface area contributed by atoms with Crippen molar-refractivity contribution in [1.82, 2.24) is 5.32 Å². The first-order chi connectivity index (χ1) is 14.4. The molecule has 0 spiro atoms. The lowest BCUT2D eigenvalue weighted by Crippen LogP contribution is -2.45. The Bertz CT molecular complexity index is 976. The van der Waals surface area contributed by atoms with Crippen LogP contribution in [-0.2, 0) is 9.59 Å². The average Bonchev–Trinajstić information content (AvgIpc) is 2.74. The third-order valence-electron chi connectivity index (χ3n) is 4.60. The molecule has 3 rings (SSSR count). The summed E-state index contributed by atoms with van der Waals surface area (Å²) in [5.74, 6) is 0.112. The summed E-state index contributed by atoms with van der Waals surface area (Å²) in [6.45, 7) is 3.87. The maximum Gasteiger partial charge on any atom is 0.265 e. The minimum absolute atomic E-state index is 0.132. The fourth-order valence-corrected chi connectivity index (χ4v) is 3.07. The van der Waals surface area contributed by atoms with Crippen LogP contribution in [0.3, 0.4) is 0 Å². The van der Waals surface area contributed by atoms with Gasteiger partial charge in [0.2, 0.25) is 5.91 Å². The fraction of sp³-hybridized carbons (Fsp3) is 0.318. The number of carbonyl (C=O) groups excluding carboxylic acids is 3. The predicted molar refractivity (Wildman–Crippen MR) is 114 cm³/mol. The number of nitrogens with zero attached hydrogens (tertiary/aromatic N) is 1. The summed E-state index contributed by atoms with van der Waals surface area (Å²) in [7, 11) is 0. The second-order valence-corrected chi connectivity index (χ2v) is 7.33. The molecule has 8 heteroatoms. The summed E-state index contributed by atoms with van der Waals surface area (Å²) < 4.78 is 11.0. The lowest BCUT2D eigenvalue weighted by Gasteiger charge is -2.29. The van der Waals surface area contributed by atoms with Gasteiger partial charge in [-0.3, -0.25) is 19.3 Å². The summed E-state index contributed by atoms with van der Waals surface area (Å²) in [5, 5.41) is 3.37. The molecule has 1 heterocycles. The van der Waals surface area contributed by atoms with Crippen LogP contribution in [0.5, 0.6) is 11.5 Å². The smallest absolute Gasteiger partial charge is 0.265 e. The number of anilines is 1. The van der Waals surface area contributed by atoms with E-state index in [4.69, 9.17) is 21.1 Å². The average molecular weight is 431 g/mol. The highest BCUT2D eigenvalue weighted by Gasteiger charge is 2.28. The van der Waals surface area contributed by atoms with Gasteiger partial charge in [0.25, 0.3) is 5.91 Å². The van der Waals surface area contributed by atoms with Crippen LogP contribution in [0.4, 0.5) is 5.69 Å². The SMILES string of the molecule is CCCNC(=O)CN1C(=O)COc2ccc(C(=O)COc3ccc(Cl)c(C)c3)cc21. The number of halogens is 1. The van der Waals surface area contributed by atoms with Crippen molar-refractivity contribution in [3.8, 4) is 11.5 Å². The highest BCUT2D eigenvalue weighted by molar-refractivity contribution is 6.31. The van der Waals surface area contributed by atoms with Crippen molar-refractivity contribution < 1.29 is 23.9 Å². The summed E-state index contributed by atoms with van der Waals surface area (Å²) in [6, 6.07) is 9.95. The molecular weight excluding hydrogens is 408 g/mol.